The minimum absolute atomic E-state index is 0.877. The Balaban J connectivity index is 0.992. The van der Waals surface area contributed by atoms with Crippen molar-refractivity contribution in [3.63, 3.8) is 0 Å². The van der Waals surface area contributed by atoms with E-state index in [0.29, 0.717) is 0 Å². The molecule has 0 amide bonds. The molecule has 0 saturated heterocycles. The molecule has 0 aliphatic carbocycles. The van der Waals surface area contributed by atoms with E-state index in [9.17, 15) is 0 Å². The average molecular weight is 838 g/mol. The van der Waals surface area contributed by atoms with Gasteiger partial charge in [0.1, 0.15) is 11.2 Å². The Morgan fingerprint density at radius 1 is 0.258 bits per heavy atom. The van der Waals surface area contributed by atoms with E-state index < -0.39 is 0 Å². The summed E-state index contributed by atoms with van der Waals surface area (Å²) in [4.78, 5) is 0. The number of para-hydroxylation sites is 2. The first-order chi connectivity index (χ1) is 32.8. The lowest BCUT2D eigenvalue weighted by Crippen LogP contribution is -1.94. The van der Waals surface area contributed by atoms with Gasteiger partial charge in [-0.2, -0.15) is 0 Å². The fourth-order valence-corrected chi connectivity index (χ4v) is 11.3. The van der Waals surface area contributed by atoms with Gasteiger partial charge < -0.3 is 8.98 Å². The fraction of sp³-hybridized carbons (Fsp3) is 0. The Kier molecular flexibility index (Phi) is 8.02. The summed E-state index contributed by atoms with van der Waals surface area (Å²) in [6.45, 7) is 0. The third-order valence-corrected chi connectivity index (χ3v) is 14.0. The van der Waals surface area contributed by atoms with Gasteiger partial charge in [-0.25, -0.2) is 0 Å². The van der Waals surface area contributed by atoms with Crippen LogP contribution in [-0.4, -0.2) is 4.57 Å². The molecule has 2 nitrogen and oxygen atoms in total. The van der Waals surface area contributed by atoms with Crippen LogP contribution < -0.4 is 0 Å². The quantitative estimate of drug-likeness (QED) is 0.158. The zero-order valence-electron chi connectivity index (χ0n) is 35.9. The van der Waals surface area contributed by atoms with E-state index >= 15 is 0 Å². The maximum atomic E-state index is 6.92. The average Bonchev–Trinajstić information content (AvgIpc) is 3.93. The molecule has 0 bridgehead atoms. The number of benzene rings is 12. The van der Waals surface area contributed by atoms with Crippen LogP contribution >= 0.6 is 0 Å². The summed E-state index contributed by atoms with van der Waals surface area (Å²) in [6, 6.07) is 86.3. The molecule has 2 heteroatoms. The topological polar surface area (TPSA) is 18.1 Å². The molecule has 12 aromatic carbocycles. The molecule has 0 aliphatic heterocycles. The zero-order valence-corrected chi connectivity index (χ0v) is 35.9. The summed E-state index contributed by atoms with van der Waals surface area (Å²) >= 11 is 0. The van der Waals surface area contributed by atoms with Gasteiger partial charge in [0.25, 0.3) is 0 Å². The molecule has 0 spiro atoms. The second-order valence-corrected chi connectivity index (χ2v) is 17.5. The lowest BCUT2D eigenvalue weighted by atomic mass is 9.84. The van der Waals surface area contributed by atoms with Crippen molar-refractivity contribution in [2.24, 2.45) is 0 Å². The van der Waals surface area contributed by atoms with Gasteiger partial charge in [0, 0.05) is 27.2 Å². The molecule has 0 radical (unpaired) electrons. The zero-order chi connectivity index (χ0) is 43.3. The number of hydrogen-bond acceptors (Lipinski definition) is 1. The molecule has 66 heavy (non-hydrogen) atoms. The van der Waals surface area contributed by atoms with E-state index in [0.717, 1.165) is 33.2 Å². The summed E-state index contributed by atoms with van der Waals surface area (Å²) < 4.78 is 9.33. The van der Waals surface area contributed by atoms with Crippen molar-refractivity contribution in [2.45, 2.75) is 0 Å². The van der Waals surface area contributed by atoms with Gasteiger partial charge >= 0.3 is 0 Å². The molecule has 2 heterocycles. The molecule has 306 valence electrons. The predicted octanol–water partition coefficient (Wildman–Crippen LogP) is 18.0. The van der Waals surface area contributed by atoms with Gasteiger partial charge in [-0.15, -0.1) is 0 Å². The van der Waals surface area contributed by atoms with Crippen LogP contribution in [0.2, 0.25) is 0 Å². The summed E-state index contributed by atoms with van der Waals surface area (Å²) in [5.74, 6) is 0. The third kappa shape index (κ3) is 5.36. The Bertz CT molecular complexity index is 4160. The molecule has 2 aromatic heterocycles. The highest BCUT2D eigenvalue weighted by molar-refractivity contribution is 6.27. The Labute approximate surface area is 380 Å². The van der Waals surface area contributed by atoms with Crippen LogP contribution in [0.25, 0.3) is 137 Å². The van der Waals surface area contributed by atoms with Crippen molar-refractivity contribution in [1.29, 1.82) is 0 Å². The smallest absolute Gasteiger partial charge is 0.136 e. The fourth-order valence-electron chi connectivity index (χ4n) is 11.3. The van der Waals surface area contributed by atoms with Crippen molar-refractivity contribution in [2.75, 3.05) is 0 Å². The van der Waals surface area contributed by atoms with Gasteiger partial charge in [-0.1, -0.05) is 194 Å². The molecule has 0 fully saturated rings. The lowest BCUT2D eigenvalue weighted by molar-refractivity contribution is 0.669. The molecule has 14 aromatic rings. The van der Waals surface area contributed by atoms with E-state index in [4.69, 9.17) is 4.42 Å². The van der Waals surface area contributed by atoms with Crippen LogP contribution in [0.5, 0.6) is 0 Å². The molecule has 14 rings (SSSR count). The second kappa shape index (κ2) is 14.4. The monoisotopic (exact) mass is 837 g/mol. The van der Waals surface area contributed by atoms with Crippen LogP contribution in [0.1, 0.15) is 0 Å². The maximum absolute atomic E-state index is 6.92. The number of nitrogens with zero attached hydrogens (tertiary/aromatic N) is 1. The highest BCUT2D eigenvalue weighted by Crippen LogP contribution is 2.49. The number of rotatable bonds is 5. The van der Waals surface area contributed by atoms with E-state index in [1.807, 2.05) is 0 Å². The van der Waals surface area contributed by atoms with Crippen molar-refractivity contribution in [1.82, 2.24) is 4.57 Å². The summed E-state index contributed by atoms with van der Waals surface area (Å²) in [6.07, 6.45) is 0. The Morgan fingerprint density at radius 3 is 1.27 bits per heavy atom. The van der Waals surface area contributed by atoms with Crippen LogP contribution in [-0.2, 0) is 0 Å². The van der Waals surface area contributed by atoms with Gasteiger partial charge in [0.15, 0.2) is 0 Å². The number of furan rings is 1. The predicted molar refractivity (Wildman–Crippen MR) is 280 cm³/mol. The SMILES string of the molecule is c1ccc(-c2c3ccccc3c(-c3ccc4c(c3)oc3cccc(-c5c6ccccc6c(-c6ccc7c8ccccc8n(-c8ccccc8)c7c6)c6ccccc56)c34)c3ccccc23)cc1. The molecule has 0 unspecified atom stereocenters. The van der Waals surface area contributed by atoms with Crippen molar-refractivity contribution in [3.05, 3.63) is 237 Å². The van der Waals surface area contributed by atoms with Crippen LogP contribution in [0, 0.1) is 0 Å². The molecular weight excluding hydrogens is 799 g/mol. The van der Waals surface area contributed by atoms with Crippen LogP contribution in [0.4, 0.5) is 0 Å². The van der Waals surface area contributed by atoms with Gasteiger partial charge in [-0.3, -0.25) is 0 Å². The van der Waals surface area contributed by atoms with E-state index in [2.05, 4.69) is 241 Å². The maximum Gasteiger partial charge on any atom is 0.136 e. The number of aromatic nitrogens is 1. The van der Waals surface area contributed by atoms with E-state index in [1.54, 1.807) is 0 Å². The Morgan fingerprint density at radius 2 is 0.697 bits per heavy atom. The molecule has 0 saturated carbocycles. The summed E-state index contributed by atoms with van der Waals surface area (Å²) in [5, 5.41) is 14.5. The highest BCUT2D eigenvalue weighted by atomic mass is 16.3. The van der Waals surface area contributed by atoms with Gasteiger partial charge in [0.05, 0.1) is 11.0 Å². The second-order valence-electron chi connectivity index (χ2n) is 17.5. The van der Waals surface area contributed by atoms with Crippen molar-refractivity contribution in [3.8, 4) is 50.2 Å². The first-order valence-corrected chi connectivity index (χ1v) is 22.8. The minimum atomic E-state index is 0.877. The third-order valence-electron chi connectivity index (χ3n) is 14.0. The molecule has 0 atom stereocenters. The van der Waals surface area contributed by atoms with E-state index in [-0.39, 0.29) is 0 Å². The van der Waals surface area contributed by atoms with Crippen molar-refractivity contribution < 1.29 is 4.42 Å². The highest BCUT2D eigenvalue weighted by Gasteiger charge is 2.23. The Hall–Kier alpha value is -8.72. The first-order valence-electron chi connectivity index (χ1n) is 22.8. The summed E-state index contributed by atoms with van der Waals surface area (Å²) in [7, 11) is 0. The van der Waals surface area contributed by atoms with Crippen LogP contribution in [0.15, 0.2) is 241 Å². The van der Waals surface area contributed by atoms with Gasteiger partial charge in [-0.05, 0) is 130 Å². The van der Waals surface area contributed by atoms with Gasteiger partial charge in [0.2, 0.25) is 0 Å². The molecule has 0 aliphatic rings. The first kappa shape index (κ1) is 36.7. The largest absolute Gasteiger partial charge is 0.456 e. The number of fused-ring (bicyclic) bond motifs is 10. The normalized spacial score (nSPS) is 11.9. The lowest BCUT2D eigenvalue weighted by Gasteiger charge is -2.18. The minimum Gasteiger partial charge on any atom is -0.456 e. The molecular formula is C64H39NO. The van der Waals surface area contributed by atoms with Crippen LogP contribution in [0.3, 0.4) is 0 Å². The standard InChI is InChI=1S/C64H39NO/c1-3-18-40(19-4-1)60-46-23-7-9-25-48(46)62(49-26-10-8-24-47(49)60)42-35-37-54-59(39-42)66-58-33-17-31-55(64(54)58)63-52-29-13-11-27-50(52)61(51-28-12-14-30-53(51)63)41-34-36-45-44-22-15-16-32-56(44)65(57(45)38-41)43-20-5-2-6-21-43/h1-39H. The number of hydrogen-bond donors (Lipinski definition) is 0. The van der Waals surface area contributed by atoms with Crippen molar-refractivity contribution >= 4 is 86.8 Å². The summed E-state index contributed by atoms with van der Waals surface area (Å²) in [5.41, 5.74) is 15.0. The molecule has 0 N–H and O–H groups in total. The van der Waals surface area contributed by atoms with E-state index in [1.165, 1.54) is 104 Å².